The third kappa shape index (κ3) is 60.3. The van der Waals surface area contributed by atoms with E-state index in [1.165, 1.54) is 205 Å². The fourth-order valence-electron chi connectivity index (χ4n) is 9.88. The Morgan fingerprint density at radius 2 is 0.762 bits per heavy atom. The molecule has 3 unspecified atom stereocenters. The first-order chi connectivity index (χ1) is 38.9. The Balaban J connectivity index is 5.14. The van der Waals surface area contributed by atoms with Crippen LogP contribution in [-0.4, -0.2) is 74.3 Å². The second kappa shape index (κ2) is 59.9. The fourth-order valence-corrected chi connectivity index (χ4v) is 10.6. The van der Waals surface area contributed by atoms with E-state index in [0.717, 1.165) is 83.5 Å². The summed E-state index contributed by atoms with van der Waals surface area (Å²) in [6, 6.07) is -0.856. The summed E-state index contributed by atoms with van der Waals surface area (Å²) in [5.41, 5.74) is 0. The first kappa shape index (κ1) is 77.7. The van der Waals surface area contributed by atoms with Gasteiger partial charge in [0.1, 0.15) is 19.3 Å². The zero-order valence-corrected chi connectivity index (χ0v) is 54.5. The van der Waals surface area contributed by atoms with Crippen LogP contribution in [0.25, 0.3) is 0 Å². The summed E-state index contributed by atoms with van der Waals surface area (Å²) in [6.07, 6.45) is 76.5. The van der Waals surface area contributed by atoms with Crippen LogP contribution in [0.5, 0.6) is 0 Å². The number of nitrogens with one attached hydrogen (secondary N) is 1. The number of likely N-dealkylation sites (N-methyl/N-ethyl adjacent to an activating group) is 1. The molecule has 0 saturated carbocycles. The van der Waals surface area contributed by atoms with Crippen molar-refractivity contribution < 1.29 is 37.3 Å². The predicted octanol–water partition coefficient (Wildman–Crippen LogP) is 21.4. The van der Waals surface area contributed by atoms with Gasteiger partial charge in [0, 0.05) is 12.8 Å². The molecule has 0 aromatic rings. The third-order valence-electron chi connectivity index (χ3n) is 15.2. The Morgan fingerprint density at radius 1 is 0.438 bits per heavy atom. The van der Waals surface area contributed by atoms with Gasteiger partial charge in [-0.05, 0) is 96.0 Å². The molecule has 10 heteroatoms. The van der Waals surface area contributed by atoms with Gasteiger partial charge in [-0.25, -0.2) is 4.57 Å². The largest absolute Gasteiger partial charge is 0.472 e. The zero-order chi connectivity index (χ0) is 58.6. The number of nitrogens with zero attached hydrogens (tertiary/aromatic N) is 1. The number of esters is 1. The summed E-state index contributed by atoms with van der Waals surface area (Å²) in [5.74, 6) is -0.510. The van der Waals surface area contributed by atoms with Crippen LogP contribution in [0.4, 0.5) is 0 Å². The molecule has 1 amide bonds. The Kier molecular flexibility index (Phi) is 58.1. The minimum atomic E-state index is -4.46. The Labute approximate surface area is 496 Å². The van der Waals surface area contributed by atoms with Gasteiger partial charge in [-0.15, -0.1) is 0 Å². The van der Waals surface area contributed by atoms with Crippen LogP contribution in [0, 0.1) is 0 Å². The minimum Gasteiger partial charge on any atom is -0.456 e. The van der Waals surface area contributed by atoms with Crippen LogP contribution in [0.15, 0.2) is 60.8 Å². The number of carbonyl (C=O) groups excluding carboxylic acids is 2. The van der Waals surface area contributed by atoms with E-state index < -0.39 is 20.0 Å². The van der Waals surface area contributed by atoms with Crippen LogP contribution >= 0.6 is 7.82 Å². The number of amides is 1. The lowest BCUT2D eigenvalue weighted by atomic mass is 10.0. The first-order valence-electron chi connectivity index (χ1n) is 34.1. The summed E-state index contributed by atoms with van der Waals surface area (Å²) in [4.78, 5) is 37.8. The Bertz CT molecular complexity index is 1550. The van der Waals surface area contributed by atoms with Gasteiger partial charge >= 0.3 is 13.8 Å². The second-order valence-electron chi connectivity index (χ2n) is 24.3. The number of hydrogen-bond donors (Lipinski definition) is 2. The smallest absolute Gasteiger partial charge is 0.456 e. The molecule has 3 atom stereocenters. The number of hydrogen-bond acceptors (Lipinski definition) is 6. The number of rotatable bonds is 62. The van der Waals surface area contributed by atoms with Gasteiger partial charge in [0.15, 0.2) is 0 Å². The van der Waals surface area contributed by atoms with Crippen molar-refractivity contribution in [3.8, 4) is 0 Å². The lowest BCUT2D eigenvalue weighted by Gasteiger charge is -2.27. The Hall–Kier alpha value is -2.29. The number of carbonyl (C=O) groups is 2. The van der Waals surface area contributed by atoms with Crippen molar-refractivity contribution in [2.24, 2.45) is 0 Å². The molecule has 9 nitrogen and oxygen atoms in total. The first-order valence-corrected chi connectivity index (χ1v) is 35.6. The SMILES string of the molecule is CCCCC/C=C\C/C=C\C/C=C\CCCCCCCCC(=O)NC(COP(=O)(O)OCC[N+](C)(C)C)C(/C=C/CCCCCCCCCCCC)OC(=O)CCCCCCCCCCCCCCC/C=C/CCCCCCCC. The molecule has 0 aromatic carbocycles. The normalized spacial score (nSPS) is 13.9. The number of allylic oxidation sites excluding steroid dienone is 9. The molecule has 0 aromatic heterocycles. The molecule has 0 aliphatic heterocycles. The number of phosphoric acid groups is 1. The molecule has 0 rings (SSSR count). The van der Waals surface area contributed by atoms with Crippen molar-refractivity contribution in [2.45, 2.75) is 335 Å². The lowest BCUT2D eigenvalue weighted by Crippen LogP contribution is -2.47. The summed E-state index contributed by atoms with van der Waals surface area (Å²) < 4.78 is 30.8. The van der Waals surface area contributed by atoms with Gasteiger partial charge in [-0.1, -0.05) is 275 Å². The average Bonchev–Trinajstić information content (AvgIpc) is 3.42. The summed E-state index contributed by atoms with van der Waals surface area (Å²) in [5, 5.41) is 3.06. The molecule has 0 aliphatic carbocycles. The quantitative estimate of drug-likeness (QED) is 0.0205. The van der Waals surface area contributed by atoms with Gasteiger partial charge in [-0.2, -0.15) is 0 Å². The predicted molar refractivity (Wildman–Crippen MR) is 346 cm³/mol. The summed E-state index contributed by atoms with van der Waals surface area (Å²) in [6.45, 7) is 7.00. The maximum Gasteiger partial charge on any atom is 0.472 e. The van der Waals surface area contributed by atoms with E-state index in [0.29, 0.717) is 17.4 Å². The van der Waals surface area contributed by atoms with Crippen molar-refractivity contribution >= 4 is 19.7 Å². The highest BCUT2D eigenvalue weighted by Gasteiger charge is 2.30. The van der Waals surface area contributed by atoms with Gasteiger partial charge in [0.05, 0.1) is 33.8 Å². The van der Waals surface area contributed by atoms with Crippen molar-refractivity contribution in [3.05, 3.63) is 60.8 Å². The average molecular weight is 1140 g/mol. The fraction of sp³-hybridized carbons (Fsp3) is 0.829. The Morgan fingerprint density at radius 3 is 1.18 bits per heavy atom. The van der Waals surface area contributed by atoms with Gasteiger partial charge in [0.25, 0.3) is 0 Å². The third-order valence-corrected chi connectivity index (χ3v) is 16.2. The van der Waals surface area contributed by atoms with E-state index in [9.17, 15) is 19.0 Å². The summed E-state index contributed by atoms with van der Waals surface area (Å²) >= 11 is 0. The highest BCUT2D eigenvalue weighted by Crippen LogP contribution is 2.43. The van der Waals surface area contributed by atoms with Gasteiger partial charge in [0.2, 0.25) is 5.91 Å². The van der Waals surface area contributed by atoms with Crippen molar-refractivity contribution in [3.63, 3.8) is 0 Å². The molecule has 80 heavy (non-hydrogen) atoms. The minimum absolute atomic E-state index is 0.0371. The molecule has 0 fully saturated rings. The number of ether oxygens (including phenoxy) is 1. The second-order valence-corrected chi connectivity index (χ2v) is 25.8. The molecule has 0 aliphatic rings. The number of unbranched alkanes of at least 4 members (excludes halogenated alkanes) is 38. The number of quaternary nitrogens is 1. The van der Waals surface area contributed by atoms with Crippen molar-refractivity contribution in [1.82, 2.24) is 5.32 Å². The molecule has 2 N–H and O–H groups in total. The van der Waals surface area contributed by atoms with Crippen LogP contribution in [0.1, 0.15) is 323 Å². The highest BCUT2D eigenvalue weighted by molar-refractivity contribution is 7.47. The molecule has 0 radical (unpaired) electrons. The molecule has 0 spiro atoms. The zero-order valence-electron chi connectivity index (χ0n) is 53.6. The topological polar surface area (TPSA) is 111 Å². The maximum absolute atomic E-state index is 13.6. The molecule has 0 bridgehead atoms. The molecule has 0 heterocycles. The molecular weight excluding hydrogens is 1010 g/mol. The maximum atomic E-state index is 13.6. The van der Waals surface area contributed by atoms with Crippen LogP contribution in [0.3, 0.4) is 0 Å². The highest BCUT2D eigenvalue weighted by atomic mass is 31.2. The van der Waals surface area contributed by atoms with E-state index in [-0.39, 0.29) is 31.5 Å². The van der Waals surface area contributed by atoms with Crippen molar-refractivity contribution in [1.29, 1.82) is 0 Å². The van der Waals surface area contributed by atoms with E-state index >= 15 is 0 Å². The van der Waals surface area contributed by atoms with Crippen LogP contribution < -0.4 is 5.32 Å². The number of phosphoric ester groups is 1. The van der Waals surface area contributed by atoms with Crippen LogP contribution in [-0.2, 0) is 27.9 Å². The monoisotopic (exact) mass is 1140 g/mol. The van der Waals surface area contributed by atoms with E-state index in [1.54, 1.807) is 0 Å². The van der Waals surface area contributed by atoms with E-state index in [4.69, 9.17) is 13.8 Å². The summed E-state index contributed by atoms with van der Waals surface area (Å²) in [7, 11) is 1.49. The van der Waals surface area contributed by atoms with Crippen molar-refractivity contribution in [2.75, 3.05) is 40.9 Å². The molecular formula is C70H132N2O7P+. The molecule has 0 saturated heterocycles. The van der Waals surface area contributed by atoms with E-state index in [1.807, 2.05) is 33.3 Å². The lowest BCUT2D eigenvalue weighted by molar-refractivity contribution is -0.870. The standard InChI is InChI=1S/C70H131N2O7P/c1-7-10-13-16-19-22-25-28-30-32-34-35-36-37-39-41-43-45-48-51-54-57-60-63-70(74)79-68(61-58-55-52-49-46-27-24-21-18-15-12-9-3)67(66-78-80(75,76)77-65-64-72(4,5)6)71-69(73)62-59-56-53-50-47-44-42-40-38-33-31-29-26-23-20-17-14-11-8-2/h20,23,28-31,38,40,58,61,67-68H,7-19,21-22,24-27,32-37,39,41-57,59-60,62-66H2,1-6H3,(H-,71,73,75,76)/p+1/b23-20-,30-28+,31-29-,40-38-,61-58+. The van der Waals surface area contributed by atoms with Crippen LogP contribution in [0.2, 0.25) is 0 Å². The molecule has 468 valence electrons. The van der Waals surface area contributed by atoms with Gasteiger partial charge < -0.3 is 19.4 Å². The van der Waals surface area contributed by atoms with E-state index in [2.05, 4.69) is 74.7 Å². The van der Waals surface area contributed by atoms with Gasteiger partial charge in [-0.3, -0.25) is 18.6 Å².